The van der Waals surface area contributed by atoms with Crippen molar-refractivity contribution in [2.24, 2.45) is 5.92 Å². The zero-order chi connectivity index (χ0) is 25.5. The molecule has 0 atom stereocenters. The van der Waals surface area contributed by atoms with Crippen molar-refractivity contribution < 1.29 is 4.39 Å². The topological polar surface area (TPSA) is 82.3 Å². The number of allylic oxidation sites excluding steroid dienone is 5. The molecule has 6 nitrogen and oxygen atoms in total. The molecule has 5 aromatic rings. The normalized spacial score (nSPS) is 14.4. The van der Waals surface area contributed by atoms with E-state index in [4.69, 9.17) is 9.97 Å². The molecular formula is C29H25FN6S. The van der Waals surface area contributed by atoms with Crippen LogP contribution in [-0.2, 0) is 0 Å². The molecule has 37 heavy (non-hydrogen) atoms. The Labute approximate surface area is 217 Å². The third kappa shape index (κ3) is 4.40. The number of nitrogens with one attached hydrogen (secondary N) is 3. The van der Waals surface area contributed by atoms with E-state index in [0.29, 0.717) is 23.0 Å². The minimum Gasteiger partial charge on any atom is -0.359 e. The lowest BCUT2D eigenvalue weighted by Gasteiger charge is -2.11. The zero-order valence-corrected chi connectivity index (χ0v) is 21.1. The average Bonchev–Trinajstić information content (AvgIpc) is 3.32. The maximum absolute atomic E-state index is 13.7. The van der Waals surface area contributed by atoms with Gasteiger partial charge in [0.05, 0.1) is 22.2 Å². The van der Waals surface area contributed by atoms with Crippen LogP contribution in [0.4, 0.5) is 4.39 Å². The average molecular weight is 509 g/mol. The molecule has 1 aliphatic rings. The predicted octanol–water partition coefficient (Wildman–Crippen LogP) is 7.36. The van der Waals surface area contributed by atoms with Crippen molar-refractivity contribution in [2.75, 3.05) is 0 Å². The number of imidazole rings is 1. The van der Waals surface area contributed by atoms with Gasteiger partial charge in [0.25, 0.3) is 0 Å². The summed E-state index contributed by atoms with van der Waals surface area (Å²) in [5, 5.41) is 10.8. The molecule has 0 unspecified atom stereocenters. The summed E-state index contributed by atoms with van der Waals surface area (Å²) in [5.41, 5.74) is 8.30. The number of halogens is 1. The number of fused-ring (bicyclic) bond motifs is 2. The van der Waals surface area contributed by atoms with E-state index in [1.807, 2.05) is 49.4 Å². The summed E-state index contributed by atoms with van der Waals surface area (Å²) in [7, 11) is 0. The molecule has 1 aliphatic carbocycles. The summed E-state index contributed by atoms with van der Waals surface area (Å²) in [5.74, 6) is 1.14. The molecule has 8 heteroatoms. The quantitative estimate of drug-likeness (QED) is 0.191. The number of H-pyrrole nitrogens is 2. The Kier molecular flexibility index (Phi) is 5.81. The van der Waals surface area contributed by atoms with Gasteiger partial charge < -0.3 is 10.3 Å². The number of hydrogen-bond acceptors (Lipinski definition) is 5. The van der Waals surface area contributed by atoms with Gasteiger partial charge in [-0.2, -0.15) is 9.49 Å². The first kappa shape index (κ1) is 23.1. The van der Waals surface area contributed by atoms with E-state index < -0.39 is 0 Å². The molecule has 0 saturated heterocycles. The predicted molar refractivity (Wildman–Crippen MR) is 149 cm³/mol. The number of aromatic amines is 2. The van der Waals surface area contributed by atoms with Crippen molar-refractivity contribution in [2.45, 2.75) is 19.8 Å². The van der Waals surface area contributed by atoms with Gasteiger partial charge in [-0.1, -0.05) is 31.4 Å². The van der Waals surface area contributed by atoms with Crippen LogP contribution < -0.4 is 5.32 Å². The number of hydrogen-bond donors (Lipinski definition) is 3. The molecule has 4 aromatic heterocycles. The van der Waals surface area contributed by atoms with E-state index in [1.54, 1.807) is 12.1 Å². The Morgan fingerprint density at radius 2 is 1.97 bits per heavy atom. The van der Waals surface area contributed by atoms with Crippen LogP contribution in [-0.4, -0.2) is 25.1 Å². The van der Waals surface area contributed by atoms with Crippen LogP contribution in [0.25, 0.3) is 49.6 Å². The van der Waals surface area contributed by atoms with Crippen LogP contribution in [0.2, 0.25) is 0 Å². The largest absolute Gasteiger partial charge is 0.359 e. The van der Waals surface area contributed by atoms with Gasteiger partial charge in [0, 0.05) is 21.8 Å². The molecule has 4 heterocycles. The van der Waals surface area contributed by atoms with Gasteiger partial charge in [-0.15, -0.1) is 11.3 Å². The highest BCUT2D eigenvalue weighted by Gasteiger charge is 2.24. The summed E-state index contributed by atoms with van der Waals surface area (Å²) in [6.07, 6.45) is 8.21. The first-order valence-electron chi connectivity index (χ1n) is 12.1. The monoisotopic (exact) mass is 508 g/mol. The van der Waals surface area contributed by atoms with Crippen molar-refractivity contribution in [1.82, 2.24) is 30.5 Å². The van der Waals surface area contributed by atoms with Crippen LogP contribution in [0.5, 0.6) is 0 Å². The highest BCUT2D eigenvalue weighted by atomic mass is 32.1. The van der Waals surface area contributed by atoms with Crippen LogP contribution in [0, 0.1) is 11.0 Å². The third-order valence-electron chi connectivity index (χ3n) is 6.50. The van der Waals surface area contributed by atoms with Gasteiger partial charge in [0.1, 0.15) is 5.52 Å². The summed E-state index contributed by atoms with van der Waals surface area (Å²) < 4.78 is 13.7. The molecule has 0 bridgehead atoms. The summed E-state index contributed by atoms with van der Waals surface area (Å²) in [6, 6.07) is 13.0. The van der Waals surface area contributed by atoms with Gasteiger partial charge in [0.2, 0.25) is 0 Å². The maximum Gasteiger partial charge on any atom is 0.176 e. The lowest BCUT2D eigenvalue weighted by molar-refractivity contribution is 0.657. The molecule has 1 saturated carbocycles. The lowest BCUT2D eigenvalue weighted by atomic mass is 10.1. The maximum atomic E-state index is 13.7. The first-order chi connectivity index (χ1) is 18.0. The molecule has 1 fully saturated rings. The fraction of sp³-hybridized carbons (Fsp3) is 0.138. The fourth-order valence-corrected chi connectivity index (χ4v) is 5.12. The Balaban J connectivity index is 1.39. The summed E-state index contributed by atoms with van der Waals surface area (Å²) in [6.45, 7) is 10.1. The number of nitrogens with zero attached hydrogens (tertiary/aromatic N) is 3. The molecule has 0 spiro atoms. The van der Waals surface area contributed by atoms with Crippen molar-refractivity contribution in [3.8, 4) is 22.0 Å². The number of benzene rings is 1. The first-order valence-corrected chi connectivity index (χ1v) is 12.9. The Morgan fingerprint density at radius 1 is 1.11 bits per heavy atom. The van der Waals surface area contributed by atoms with Crippen LogP contribution in [0.1, 0.15) is 25.5 Å². The molecule has 1 aromatic carbocycles. The van der Waals surface area contributed by atoms with E-state index in [-0.39, 0.29) is 5.13 Å². The molecule has 3 N–H and O–H groups in total. The smallest absolute Gasteiger partial charge is 0.176 e. The fourth-order valence-electron chi connectivity index (χ4n) is 4.36. The van der Waals surface area contributed by atoms with Gasteiger partial charge in [-0.05, 0) is 73.7 Å². The van der Waals surface area contributed by atoms with E-state index >= 15 is 0 Å². The van der Waals surface area contributed by atoms with E-state index in [1.165, 1.54) is 18.9 Å². The van der Waals surface area contributed by atoms with E-state index in [9.17, 15) is 4.39 Å². The number of thiophene rings is 1. The number of rotatable bonds is 8. The molecule has 6 rings (SSSR count). The standard InChI is InChI=1S/C29H25FN6S/c1-4-17(15-19(5-2)31-16(3)18-9-10-18)21-11-12-23-27(32-21)28(36-35-23)29-33-22-8-6-7-20(26(22)34-29)24-13-14-25(30)37-24/h4-8,11-15,18,31H,2-3,9-10H2,1H3,(H,33,34)(H,35,36)/b17-4+,19-15+. The van der Waals surface area contributed by atoms with Gasteiger partial charge in [0.15, 0.2) is 16.6 Å². The third-order valence-corrected chi connectivity index (χ3v) is 7.40. The zero-order valence-electron chi connectivity index (χ0n) is 20.3. The van der Waals surface area contributed by atoms with Crippen molar-refractivity contribution >= 4 is 39.0 Å². The lowest BCUT2D eigenvalue weighted by Crippen LogP contribution is -2.11. The van der Waals surface area contributed by atoms with Crippen molar-refractivity contribution in [1.29, 1.82) is 0 Å². The SMILES string of the molecule is C=C/C(=C\C(=C/C)c1ccc2[nH]nc(-c3nc4c(-c5ccc(F)s5)cccc4[nH]3)c2n1)NC(=C)C1CC1. The van der Waals surface area contributed by atoms with Crippen LogP contribution >= 0.6 is 11.3 Å². The summed E-state index contributed by atoms with van der Waals surface area (Å²) >= 11 is 1.10. The number of para-hydroxylation sites is 1. The molecule has 0 radical (unpaired) electrons. The van der Waals surface area contributed by atoms with Crippen LogP contribution in [0.3, 0.4) is 0 Å². The minimum atomic E-state index is -0.224. The Morgan fingerprint density at radius 3 is 2.70 bits per heavy atom. The molecule has 0 aliphatic heterocycles. The second-order valence-corrected chi connectivity index (χ2v) is 10.1. The molecular weight excluding hydrogens is 483 g/mol. The molecule has 184 valence electrons. The molecule has 0 amide bonds. The second kappa shape index (κ2) is 9.29. The van der Waals surface area contributed by atoms with Crippen molar-refractivity contribution in [3.05, 3.63) is 96.1 Å². The highest BCUT2D eigenvalue weighted by molar-refractivity contribution is 7.14. The van der Waals surface area contributed by atoms with Crippen molar-refractivity contribution in [3.63, 3.8) is 0 Å². The minimum absolute atomic E-state index is 0.224. The van der Waals surface area contributed by atoms with Gasteiger partial charge >= 0.3 is 0 Å². The van der Waals surface area contributed by atoms with Gasteiger partial charge in [-0.25, -0.2) is 9.97 Å². The van der Waals surface area contributed by atoms with E-state index in [2.05, 4.69) is 33.7 Å². The Bertz CT molecular complexity index is 1730. The summed E-state index contributed by atoms with van der Waals surface area (Å²) in [4.78, 5) is 14.0. The Hall–Kier alpha value is -4.30. The van der Waals surface area contributed by atoms with E-state index in [0.717, 1.165) is 61.0 Å². The number of pyridine rings is 1. The van der Waals surface area contributed by atoms with Gasteiger partial charge in [-0.3, -0.25) is 5.10 Å². The second-order valence-electron chi connectivity index (χ2n) is 9.03. The highest BCUT2D eigenvalue weighted by Crippen LogP contribution is 2.35. The van der Waals surface area contributed by atoms with Crippen LogP contribution in [0.15, 0.2) is 85.2 Å². The number of aromatic nitrogens is 5.